The summed E-state index contributed by atoms with van der Waals surface area (Å²) in [4.78, 5) is 17.4. The van der Waals surface area contributed by atoms with Crippen molar-refractivity contribution in [2.24, 2.45) is 0 Å². The Bertz CT molecular complexity index is 730. The number of carboxylic acids is 1. The first-order chi connectivity index (χ1) is 11.6. The summed E-state index contributed by atoms with van der Waals surface area (Å²) in [6, 6.07) is 4.96. The van der Waals surface area contributed by atoms with Crippen LogP contribution in [-0.2, 0) is 16.1 Å². The maximum absolute atomic E-state index is 11.3. The second kappa shape index (κ2) is 6.98. The van der Waals surface area contributed by atoms with Gasteiger partial charge in [-0.2, -0.15) is 4.98 Å². The predicted molar refractivity (Wildman–Crippen MR) is 83.7 cm³/mol. The van der Waals surface area contributed by atoms with Gasteiger partial charge in [-0.15, -0.1) is 0 Å². The Balaban J connectivity index is 1.77. The molecule has 2 aromatic rings. The lowest BCUT2D eigenvalue weighted by atomic mass is 10.1. The first-order valence-electron chi connectivity index (χ1n) is 7.60. The molecule has 1 saturated heterocycles. The van der Waals surface area contributed by atoms with E-state index < -0.39 is 12.0 Å². The Morgan fingerprint density at radius 1 is 1.50 bits per heavy atom. The number of rotatable bonds is 5. The summed E-state index contributed by atoms with van der Waals surface area (Å²) in [5.41, 5.74) is 1.80. The van der Waals surface area contributed by atoms with E-state index in [1.54, 1.807) is 12.0 Å². The molecule has 24 heavy (non-hydrogen) atoms. The minimum absolute atomic E-state index is 0.158. The number of aryl methyl sites for hydroxylation is 1. The highest BCUT2D eigenvalue weighted by atomic mass is 16.5. The molecule has 1 aliphatic rings. The maximum Gasteiger partial charge on any atom is 0.323 e. The van der Waals surface area contributed by atoms with Crippen molar-refractivity contribution in [3.63, 3.8) is 0 Å². The van der Waals surface area contributed by atoms with Crippen LogP contribution in [0, 0.1) is 6.92 Å². The number of carboxylic acid groups (broad SMARTS) is 1. The molecular weight excluding hydrogens is 314 g/mol. The van der Waals surface area contributed by atoms with E-state index >= 15 is 0 Å². The number of aliphatic carboxylic acids is 1. The van der Waals surface area contributed by atoms with Crippen molar-refractivity contribution in [3.8, 4) is 17.1 Å². The van der Waals surface area contributed by atoms with E-state index in [0.29, 0.717) is 24.9 Å². The van der Waals surface area contributed by atoms with Crippen LogP contribution in [0.4, 0.5) is 0 Å². The van der Waals surface area contributed by atoms with Gasteiger partial charge in [0.1, 0.15) is 11.8 Å². The Labute approximate surface area is 139 Å². The third kappa shape index (κ3) is 3.39. The van der Waals surface area contributed by atoms with Crippen LogP contribution < -0.4 is 4.74 Å². The van der Waals surface area contributed by atoms with Crippen LogP contribution in [0.3, 0.4) is 0 Å². The summed E-state index contributed by atoms with van der Waals surface area (Å²) in [5, 5.41) is 13.2. The van der Waals surface area contributed by atoms with E-state index in [1.165, 1.54) is 0 Å². The van der Waals surface area contributed by atoms with Gasteiger partial charge in [0.05, 0.1) is 26.9 Å². The Hall–Kier alpha value is -2.45. The van der Waals surface area contributed by atoms with E-state index in [-0.39, 0.29) is 13.2 Å². The molecule has 0 aliphatic carbocycles. The van der Waals surface area contributed by atoms with Crippen molar-refractivity contribution in [2.45, 2.75) is 19.5 Å². The predicted octanol–water partition coefficient (Wildman–Crippen LogP) is 1.34. The largest absolute Gasteiger partial charge is 0.496 e. The fourth-order valence-corrected chi connectivity index (χ4v) is 2.62. The van der Waals surface area contributed by atoms with Crippen LogP contribution in [0.15, 0.2) is 22.7 Å². The average Bonchev–Trinajstić information content (AvgIpc) is 3.04. The molecule has 1 aromatic carbocycles. The number of methoxy groups -OCH3 is 1. The van der Waals surface area contributed by atoms with Crippen molar-refractivity contribution in [1.29, 1.82) is 0 Å². The minimum Gasteiger partial charge on any atom is -0.496 e. The number of morpholine rings is 1. The fourth-order valence-electron chi connectivity index (χ4n) is 2.62. The lowest BCUT2D eigenvalue weighted by molar-refractivity contribution is -0.150. The fraction of sp³-hybridized carbons (Fsp3) is 0.438. The number of carbonyl (C=O) groups is 1. The second-order valence-corrected chi connectivity index (χ2v) is 5.60. The molecule has 128 valence electrons. The SMILES string of the molecule is COc1cc(-c2noc(CN3CCOCC3C(=O)O)n2)ccc1C. The topological polar surface area (TPSA) is 97.9 Å². The van der Waals surface area contributed by atoms with Crippen molar-refractivity contribution in [1.82, 2.24) is 15.0 Å². The van der Waals surface area contributed by atoms with Crippen LogP contribution in [0.2, 0.25) is 0 Å². The summed E-state index contributed by atoms with van der Waals surface area (Å²) >= 11 is 0. The summed E-state index contributed by atoms with van der Waals surface area (Å²) in [6.45, 7) is 3.38. The van der Waals surface area contributed by atoms with Crippen molar-refractivity contribution in [2.75, 3.05) is 26.9 Å². The zero-order valence-electron chi connectivity index (χ0n) is 13.6. The van der Waals surface area contributed by atoms with Gasteiger partial charge in [0, 0.05) is 12.1 Å². The van der Waals surface area contributed by atoms with Crippen LogP contribution in [0.5, 0.6) is 5.75 Å². The number of hydrogen-bond donors (Lipinski definition) is 1. The van der Waals surface area contributed by atoms with Gasteiger partial charge in [0.15, 0.2) is 0 Å². The molecule has 0 saturated carbocycles. The highest BCUT2D eigenvalue weighted by Gasteiger charge is 2.30. The smallest absolute Gasteiger partial charge is 0.323 e. The van der Waals surface area contributed by atoms with Gasteiger partial charge < -0.3 is 19.1 Å². The molecule has 8 nitrogen and oxygen atoms in total. The normalized spacial score (nSPS) is 18.5. The summed E-state index contributed by atoms with van der Waals surface area (Å²) in [7, 11) is 1.61. The van der Waals surface area contributed by atoms with Gasteiger partial charge in [-0.1, -0.05) is 17.3 Å². The number of hydrogen-bond acceptors (Lipinski definition) is 7. The van der Waals surface area contributed by atoms with E-state index in [9.17, 15) is 9.90 Å². The molecule has 1 N–H and O–H groups in total. The molecule has 0 spiro atoms. The molecule has 1 aliphatic heterocycles. The van der Waals surface area contributed by atoms with Crippen LogP contribution >= 0.6 is 0 Å². The van der Waals surface area contributed by atoms with Crippen LogP contribution in [0.1, 0.15) is 11.5 Å². The van der Waals surface area contributed by atoms with Gasteiger partial charge in [-0.25, -0.2) is 0 Å². The molecular formula is C16H19N3O5. The molecule has 1 unspecified atom stereocenters. The van der Waals surface area contributed by atoms with E-state index in [4.69, 9.17) is 14.0 Å². The number of aromatic nitrogens is 2. The van der Waals surface area contributed by atoms with Crippen molar-refractivity contribution in [3.05, 3.63) is 29.7 Å². The van der Waals surface area contributed by atoms with Gasteiger partial charge >= 0.3 is 5.97 Å². The molecule has 3 rings (SSSR count). The summed E-state index contributed by atoms with van der Waals surface area (Å²) < 4.78 is 15.8. The Kier molecular flexibility index (Phi) is 4.77. The van der Waals surface area contributed by atoms with E-state index in [0.717, 1.165) is 16.9 Å². The summed E-state index contributed by atoms with van der Waals surface area (Å²) in [5.74, 6) is 0.650. The van der Waals surface area contributed by atoms with Gasteiger partial charge in [0.2, 0.25) is 11.7 Å². The second-order valence-electron chi connectivity index (χ2n) is 5.60. The Morgan fingerprint density at radius 2 is 2.33 bits per heavy atom. The number of ether oxygens (including phenoxy) is 2. The van der Waals surface area contributed by atoms with Crippen molar-refractivity contribution >= 4 is 5.97 Å². The summed E-state index contributed by atoms with van der Waals surface area (Å²) in [6.07, 6.45) is 0. The zero-order chi connectivity index (χ0) is 17.1. The third-order valence-corrected chi connectivity index (χ3v) is 4.00. The van der Waals surface area contributed by atoms with E-state index in [1.807, 2.05) is 25.1 Å². The van der Waals surface area contributed by atoms with Crippen LogP contribution in [-0.4, -0.2) is 59.0 Å². The third-order valence-electron chi connectivity index (χ3n) is 4.00. The quantitative estimate of drug-likeness (QED) is 0.875. The number of benzene rings is 1. The maximum atomic E-state index is 11.3. The molecule has 2 heterocycles. The zero-order valence-corrected chi connectivity index (χ0v) is 13.6. The first-order valence-corrected chi connectivity index (χ1v) is 7.60. The van der Waals surface area contributed by atoms with Gasteiger partial charge in [0.25, 0.3) is 0 Å². The molecule has 1 aromatic heterocycles. The van der Waals surface area contributed by atoms with Gasteiger partial charge in [-0.05, 0) is 18.6 Å². The average molecular weight is 333 g/mol. The lowest BCUT2D eigenvalue weighted by Crippen LogP contribution is -2.49. The minimum atomic E-state index is -0.919. The Morgan fingerprint density at radius 3 is 3.08 bits per heavy atom. The molecule has 1 fully saturated rings. The monoisotopic (exact) mass is 333 g/mol. The first kappa shape index (κ1) is 16.4. The lowest BCUT2D eigenvalue weighted by Gasteiger charge is -2.31. The number of nitrogens with zero attached hydrogens (tertiary/aromatic N) is 3. The molecule has 0 bridgehead atoms. The van der Waals surface area contributed by atoms with Crippen molar-refractivity contribution < 1.29 is 23.9 Å². The standard InChI is InChI=1S/C16H19N3O5/c1-10-3-4-11(7-13(10)22-2)15-17-14(24-18-15)8-19-5-6-23-9-12(19)16(20)21/h3-4,7,12H,5-6,8-9H2,1-2H3,(H,20,21). The highest BCUT2D eigenvalue weighted by Crippen LogP contribution is 2.25. The molecule has 1 atom stereocenters. The highest BCUT2D eigenvalue weighted by molar-refractivity contribution is 5.73. The molecule has 0 radical (unpaired) electrons. The van der Waals surface area contributed by atoms with E-state index in [2.05, 4.69) is 10.1 Å². The van der Waals surface area contributed by atoms with Gasteiger partial charge in [-0.3, -0.25) is 9.69 Å². The molecule has 8 heteroatoms. The van der Waals surface area contributed by atoms with Crippen LogP contribution in [0.25, 0.3) is 11.4 Å². The molecule has 0 amide bonds.